The second-order valence-corrected chi connectivity index (χ2v) is 6.44. The molecule has 2 heterocycles. The molecule has 1 amide bonds. The Bertz CT molecular complexity index is 525. The van der Waals surface area contributed by atoms with Gasteiger partial charge in [-0.1, -0.05) is 11.3 Å². The molecule has 8 heteroatoms. The van der Waals surface area contributed by atoms with Crippen LogP contribution in [0.5, 0.6) is 0 Å². The van der Waals surface area contributed by atoms with Gasteiger partial charge in [-0.05, 0) is 22.5 Å². The molecule has 90 valence electrons. The first-order valence-electron chi connectivity index (χ1n) is 4.76. The van der Waals surface area contributed by atoms with Crippen molar-refractivity contribution in [2.24, 2.45) is 5.73 Å². The van der Waals surface area contributed by atoms with E-state index in [1.54, 1.807) is 11.6 Å². The monoisotopic (exact) mass is 332 g/mol. The molecule has 3 N–H and O–H groups in total. The molecule has 2 aromatic rings. The molecule has 0 spiro atoms. The zero-order valence-corrected chi connectivity index (χ0v) is 11.9. The van der Waals surface area contributed by atoms with E-state index in [2.05, 4.69) is 31.2 Å². The van der Waals surface area contributed by atoms with Crippen molar-refractivity contribution in [3.8, 4) is 0 Å². The molecular weight excluding hydrogens is 324 g/mol. The quantitative estimate of drug-likeness (QED) is 0.898. The highest BCUT2D eigenvalue weighted by Gasteiger charge is 2.12. The summed E-state index contributed by atoms with van der Waals surface area (Å²) < 4.78 is 0.870. The SMILES string of the molecule is NCCc1nc(C(=O)Nc2ncc(Br)s2)cs1. The van der Waals surface area contributed by atoms with E-state index in [4.69, 9.17) is 5.73 Å². The molecule has 0 saturated heterocycles. The Morgan fingerprint density at radius 2 is 2.41 bits per heavy atom. The molecule has 0 aliphatic rings. The average molecular weight is 333 g/mol. The van der Waals surface area contributed by atoms with Gasteiger partial charge in [0, 0.05) is 11.8 Å². The van der Waals surface area contributed by atoms with Crippen molar-refractivity contribution in [1.82, 2.24) is 9.97 Å². The van der Waals surface area contributed by atoms with Gasteiger partial charge in [0.05, 0.1) is 15.0 Å². The number of carbonyl (C=O) groups is 1. The van der Waals surface area contributed by atoms with Gasteiger partial charge in [0.1, 0.15) is 5.69 Å². The maximum atomic E-state index is 11.8. The van der Waals surface area contributed by atoms with E-state index >= 15 is 0 Å². The zero-order chi connectivity index (χ0) is 12.3. The van der Waals surface area contributed by atoms with Gasteiger partial charge in [-0.15, -0.1) is 11.3 Å². The summed E-state index contributed by atoms with van der Waals surface area (Å²) in [5, 5.41) is 5.84. The van der Waals surface area contributed by atoms with Crippen LogP contribution in [-0.4, -0.2) is 22.4 Å². The lowest BCUT2D eigenvalue weighted by Gasteiger charge is -1.96. The molecule has 17 heavy (non-hydrogen) atoms. The number of nitrogens with two attached hydrogens (primary N) is 1. The summed E-state index contributed by atoms with van der Waals surface area (Å²) in [5.41, 5.74) is 5.83. The van der Waals surface area contributed by atoms with Crippen LogP contribution in [-0.2, 0) is 6.42 Å². The van der Waals surface area contributed by atoms with E-state index in [1.165, 1.54) is 22.7 Å². The van der Waals surface area contributed by atoms with Gasteiger partial charge < -0.3 is 5.73 Å². The first-order chi connectivity index (χ1) is 8.19. The van der Waals surface area contributed by atoms with Gasteiger partial charge in [0.2, 0.25) is 0 Å². The third-order valence-electron chi connectivity index (χ3n) is 1.84. The highest BCUT2D eigenvalue weighted by Crippen LogP contribution is 2.23. The summed E-state index contributed by atoms with van der Waals surface area (Å²) >= 11 is 6.08. The van der Waals surface area contributed by atoms with Crippen LogP contribution in [0.15, 0.2) is 15.4 Å². The second-order valence-electron chi connectivity index (χ2n) is 3.09. The van der Waals surface area contributed by atoms with E-state index in [9.17, 15) is 4.79 Å². The lowest BCUT2D eigenvalue weighted by molar-refractivity contribution is 0.102. The van der Waals surface area contributed by atoms with Crippen LogP contribution in [0.4, 0.5) is 5.13 Å². The third kappa shape index (κ3) is 3.32. The fourth-order valence-corrected chi connectivity index (χ4v) is 3.02. The van der Waals surface area contributed by atoms with Crippen LogP contribution in [0.2, 0.25) is 0 Å². The first-order valence-corrected chi connectivity index (χ1v) is 7.25. The van der Waals surface area contributed by atoms with E-state index in [0.717, 1.165) is 8.79 Å². The standard InChI is InChI=1S/C9H9BrN4OS2/c10-6-3-12-9(17-6)14-8(15)5-4-16-7(13-5)1-2-11/h3-4H,1-2,11H2,(H,12,14,15). The summed E-state index contributed by atoms with van der Waals surface area (Å²) in [4.78, 5) is 20.0. The number of anilines is 1. The molecule has 0 unspecified atom stereocenters. The predicted octanol–water partition coefficient (Wildman–Crippen LogP) is 2.12. The van der Waals surface area contributed by atoms with Gasteiger partial charge in [-0.25, -0.2) is 9.97 Å². The summed E-state index contributed by atoms with van der Waals surface area (Å²) in [5.74, 6) is -0.244. The highest BCUT2D eigenvalue weighted by molar-refractivity contribution is 9.11. The van der Waals surface area contributed by atoms with E-state index < -0.39 is 0 Å². The number of aromatic nitrogens is 2. The Labute approximate surface area is 114 Å². The van der Waals surface area contributed by atoms with Crippen LogP contribution in [0.3, 0.4) is 0 Å². The number of rotatable bonds is 4. The maximum Gasteiger partial charge on any atom is 0.276 e. The fraction of sp³-hybridized carbons (Fsp3) is 0.222. The zero-order valence-electron chi connectivity index (χ0n) is 8.64. The Balaban J connectivity index is 2.03. The molecule has 0 radical (unpaired) electrons. The fourth-order valence-electron chi connectivity index (χ4n) is 1.13. The lowest BCUT2D eigenvalue weighted by atomic mass is 10.4. The normalized spacial score (nSPS) is 10.5. The molecule has 0 aliphatic carbocycles. The average Bonchev–Trinajstić information content (AvgIpc) is 2.88. The minimum atomic E-state index is -0.244. The van der Waals surface area contributed by atoms with Gasteiger partial charge in [0.25, 0.3) is 5.91 Å². The number of hydrogen-bond acceptors (Lipinski definition) is 6. The number of amides is 1. The molecule has 2 aromatic heterocycles. The summed E-state index contributed by atoms with van der Waals surface area (Å²) in [6.07, 6.45) is 2.34. The number of nitrogens with zero attached hydrogens (tertiary/aromatic N) is 2. The lowest BCUT2D eigenvalue weighted by Crippen LogP contribution is -2.12. The topological polar surface area (TPSA) is 80.9 Å². The smallest absolute Gasteiger partial charge is 0.276 e. The number of halogens is 1. The molecule has 2 rings (SSSR count). The summed E-state index contributed by atoms with van der Waals surface area (Å²) in [7, 11) is 0. The van der Waals surface area contributed by atoms with Crippen molar-refractivity contribution in [3.05, 3.63) is 26.1 Å². The molecule has 0 bridgehead atoms. The van der Waals surface area contributed by atoms with Crippen molar-refractivity contribution < 1.29 is 4.79 Å². The number of hydrogen-bond donors (Lipinski definition) is 2. The largest absolute Gasteiger partial charge is 0.330 e. The van der Waals surface area contributed by atoms with Crippen LogP contribution in [0.25, 0.3) is 0 Å². The van der Waals surface area contributed by atoms with Crippen molar-refractivity contribution in [3.63, 3.8) is 0 Å². The Morgan fingerprint density at radius 3 is 3.06 bits per heavy atom. The van der Waals surface area contributed by atoms with Gasteiger partial charge in [-0.2, -0.15) is 0 Å². The Hall–Kier alpha value is -0.830. The summed E-state index contributed by atoms with van der Waals surface area (Å²) in [6, 6.07) is 0. The van der Waals surface area contributed by atoms with Crippen molar-refractivity contribution in [1.29, 1.82) is 0 Å². The molecule has 5 nitrogen and oxygen atoms in total. The Morgan fingerprint density at radius 1 is 1.59 bits per heavy atom. The molecule has 0 aliphatic heterocycles. The highest BCUT2D eigenvalue weighted by atomic mass is 79.9. The predicted molar refractivity (Wildman–Crippen MR) is 72.6 cm³/mol. The van der Waals surface area contributed by atoms with E-state index in [0.29, 0.717) is 23.8 Å². The van der Waals surface area contributed by atoms with Crippen molar-refractivity contribution in [2.75, 3.05) is 11.9 Å². The molecule has 0 fully saturated rings. The number of nitrogens with one attached hydrogen (secondary N) is 1. The van der Waals surface area contributed by atoms with Crippen molar-refractivity contribution in [2.45, 2.75) is 6.42 Å². The van der Waals surface area contributed by atoms with Crippen LogP contribution < -0.4 is 11.1 Å². The first kappa shape index (κ1) is 12.6. The number of thiazole rings is 2. The van der Waals surface area contributed by atoms with Crippen LogP contribution in [0.1, 0.15) is 15.5 Å². The molecule has 0 saturated carbocycles. The van der Waals surface area contributed by atoms with E-state index in [1.807, 2.05) is 0 Å². The summed E-state index contributed by atoms with van der Waals surface area (Å²) in [6.45, 7) is 0.536. The van der Waals surface area contributed by atoms with Gasteiger partial charge in [-0.3, -0.25) is 10.1 Å². The van der Waals surface area contributed by atoms with Crippen LogP contribution in [0, 0.1) is 0 Å². The molecular formula is C9H9BrN4OS2. The van der Waals surface area contributed by atoms with Gasteiger partial charge >= 0.3 is 0 Å². The second kappa shape index (κ2) is 5.67. The maximum absolute atomic E-state index is 11.8. The van der Waals surface area contributed by atoms with E-state index in [-0.39, 0.29) is 5.91 Å². The van der Waals surface area contributed by atoms with Crippen LogP contribution >= 0.6 is 38.6 Å². The number of carbonyl (C=O) groups excluding carboxylic acids is 1. The Kier molecular flexibility index (Phi) is 4.21. The molecule has 0 aromatic carbocycles. The minimum absolute atomic E-state index is 0.244. The van der Waals surface area contributed by atoms with Crippen molar-refractivity contribution >= 4 is 49.6 Å². The van der Waals surface area contributed by atoms with Gasteiger partial charge in [0.15, 0.2) is 5.13 Å². The third-order valence-corrected chi connectivity index (χ3v) is 4.14. The molecule has 0 atom stereocenters. The minimum Gasteiger partial charge on any atom is -0.330 e.